The molecule has 4 heteroatoms. The molecule has 4 nitrogen and oxygen atoms in total. The molecule has 1 saturated heterocycles. The SMILES string of the molecule is CC(C)CNC(=O)CNCC1CCCCN1. The van der Waals surface area contributed by atoms with Crippen LogP contribution < -0.4 is 16.0 Å². The fraction of sp³-hybridized carbons (Fsp3) is 0.917. The third kappa shape index (κ3) is 6.08. The molecule has 0 aromatic heterocycles. The van der Waals surface area contributed by atoms with E-state index in [-0.39, 0.29) is 5.91 Å². The van der Waals surface area contributed by atoms with Crippen molar-refractivity contribution in [3.8, 4) is 0 Å². The third-order valence-corrected chi connectivity index (χ3v) is 2.80. The average molecular weight is 227 g/mol. The number of rotatable bonds is 6. The Bertz CT molecular complexity index is 200. The van der Waals surface area contributed by atoms with E-state index in [9.17, 15) is 4.79 Å². The standard InChI is InChI=1S/C12H25N3O/c1-10(2)7-15-12(16)9-13-8-11-5-3-4-6-14-11/h10-11,13-14H,3-9H2,1-2H3,(H,15,16). The van der Waals surface area contributed by atoms with Crippen molar-refractivity contribution in [2.45, 2.75) is 39.2 Å². The van der Waals surface area contributed by atoms with E-state index >= 15 is 0 Å². The Morgan fingerprint density at radius 3 is 2.88 bits per heavy atom. The Balaban J connectivity index is 1.99. The zero-order chi connectivity index (χ0) is 11.8. The van der Waals surface area contributed by atoms with Crippen LogP contribution in [0.4, 0.5) is 0 Å². The molecule has 1 aliphatic rings. The molecule has 3 N–H and O–H groups in total. The monoisotopic (exact) mass is 227 g/mol. The largest absolute Gasteiger partial charge is 0.355 e. The van der Waals surface area contributed by atoms with Gasteiger partial charge >= 0.3 is 0 Å². The second kappa shape index (κ2) is 7.63. The van der Waals surface area contributed by atoms with Crippen LogP contribution in [0, 0.1) is 5.92 Å². The third-order valence-electron chi connectivity index (χ3n) is 2.80. The van der Waals surface area contributed by atoms with Gasteiger partial charge in [-0.3, -0.25) is 4.79 Å². The lowest BCUT2D eigenvalue weighted by Gasteiger charge is -2.23. The number of piperidine rings is 1. The minimum atomic E-state index is 0.101. The van der Waals surface area contributed by atoms with Crippen molar-refractivity contribution in [3.63, 3.8) is 0 Å². The molecule has 1 atom stereocenters. The van der Waals surface area contributed by atoms with E-state index in [1.807, 2.05) is 0 Å². The van der Waals surface area contributed by atoms with Gasteiger partial charge in [-0.2, -0.15) is 0 Å². The Morgan fingerprint density at radius 1 is 1.44 bits per heavy atom. The normalized spacial score (nSPS) is 21.1. The molecular formula is C12H25N3O. The van der Waals surface area contributed by atoms with Crippen LogP contribution in [0.25, 0.3) is 0 Å². The first-order valence-electron chi connectivity index (χ1n) is 6.39. The molecular weight excluding hydrogens is 202 g/mol. The van der Waals surface area contributed by atoms with Crippen molar-refractivity contribution in [1.29, 1.82) is 0 Å². The van der Waals surface area contributed by atoms with E-state index in [1.54, 1.807) is 0 Å². The van der Waals surface area contributed by atoms with Gasteiger partial charge < -0.3 is 16.0 Å². The van der Waals surface area contributed by atoms with Crippen molar-refractivity contribution in [2.75, 3.05) is 26.2 Å². The summed E-state index contributed by atoms with van der Waals surface area (Å²) in [4.78, 5) is 11.4. The minimum absolute atomic E-state index is 0.101. The van der Waals surface area contributed by atoms with Gasteiger partial charge in [0.15, 0.2) is 0 Å². The highest BCUT2D eigenvalue weighted by molar-refractivity contribution is 5.77. The lowest BCUT2D eigenvalue weighted by atomic mass is 10.1. The summed E-state index contributed by atoms with van der Waals surface area (Å²) in [7, 11) is 0. The molecule has 1 unspecified atom stereocenters. The van der Waals surface area contributed by atoms with E-state index in [0.29, 0.717) is 18.5 Å². The van der Waals surface area contributed by atoms with Crippen LogP contribution in [-0.2, 0) is 4.79 Å². The first-order valence-corrected chi connectivity index (χ1v) is 6.39. The summed E-state index contributed by atoms with van der Waals surface area (Å²) in [6, 6.07) is 0.548. The quantitative estimate of drug-likeness (QED) is 0.619. The van der Waals surface area contributed by atoms with Gasteiger partial charge in [0.2, 0.25) is 5.91 Å². The lowest BCUT2D eigenvalue weighted by Crippen LogP contribution is -2.44. The van der Waals surface area contributed by atoms with Crippen LogP contribution in [0.1, 0.15) is 33.1 Å². The maximum Gasteiger partial charge on any atom is 0.233 e. The number of hydrogen-bond donors (Lipinski definition) is 3. The molecule has 1 rings (SSSR count). The molecule has 0 aromatic carbocycles. The van der Waals surface area contributed by atoms with Gasteiger partial charge in [0.25, 0.3) is 0 Å². The van der Waals surface area contributed by atoms with E-state index in [2.05, 4.69) is 29.8 Å². The Kier molecular flexibility index (Phi) is 6.42. The van der Waals surface area contributed by atoms with Gasteiger partial charge in [0.05, 0.1) is 6.54 Å². The molecule has 1 aliphatic heterocycles. The summed E-state index contributed by atoms with van der Waals surface area (Å²) in [5, 5.41) is 9.55. The fourth-order valence-electron chi connectivity index (χ4n) is 1.84. The van der Waals surface area contributed by atoms with Crippen molar-refractivity contribution in [2.24, 2.45) is 5.92 Å². The summed E-state index contributed by atoms with van der Waals surface area (Å²) in [5.74, 6) is 0.619. The second-order valence-corrected chi connectivity index (χ2v) is 4.98. The number of amides is 1. The van der Waals surface area contributed by atoms with E-state index < -0.39 is 0 Å². The first kappa shape index (κ1) is 13.5. The molecule has 0 bridgehead atoms. The van der Waals surface area contributed by atoms with Crippen LogP contribution in [-0.4, -0.2) is 38.1 Å². The first-order chi connectivity index (χ1) is 7.68. The molecule has 1 heterocycles. The summed E-state index contributed by atoms with van der Waals surface area (Å²) < 4.78 is 0. The summed E-state index contributed by atoms with van der Waals surface area (Å²) in [6.45, 7) is 7.41. The van der Waals surface area contributed by atoms with Gasteiger partial charge in [0.1, 0.15) is 0 Å². The smallest absolute Gasteiger partial charge is 0.233 e. The van der Waals surface area contributed by atoms with Gasteiger partial charge in [0, 0.05) is 19.1 Å². The van der Waals surface area contributed by atoms with Crippen molar-refractivity contribution >= 4 is 5.91 Å². The summed E-state index contributed by atoms with van der Waals surface area (Å²) in [5.41, 5.74) is 0. The Hall–Kier alpha value is -0.610. The highest BCUT2D eigenvalue weighted by atomic mass is 16.1. The van der Waals surface area contributed by atoms with Crippen LogP contribution in [0.5, 0.6) is 0 Å². The minimum Gasteiger partial charge on any atom is -0.355 e. The second-order valence-electron chi connectivity index (χ2n) is 4.98. The number of nitrogens with one attached hydrogen (secondary N) is 3. The molecule has 94 valence electrons. The Morgan fingerprint density at radius 2 is 2.25 bits per heavy atom. The topological polar surface area (TPSA) is 53.2 Å². The predicted octanol–water partition coefficient (Wildman–Crippen LogP) is 0.490. The zero-order valence-electron chi connectivity index (χ0n) is 10.5. The van der Waals surface area contributed by atoms with Crippen LogP contribution >= 0.6 is 0 Å². The van der Waals surface area contributed by atoms with Crippen LogP contribution in [0.2, 0.25) is 0 Å². The maximum atomic E-state index is 11.4. The highest BCUT2D eigenvalue weighted by Crippen LogP contribution is 2.05. The van der Waals surface area contributed by atoms with Gasteiger partial charge in [-0.15, -0.1) is 0 Å². The van der Waals surface area contributed by atoms with Crippen molar-refractivity contribution in [1.82, 2.24) is 16.0 Å². The zero-order valence-corrected chi connectivity index (χ0v) is 10.5. The predicted molar refractivity (Wildman–Crippen MR) is 66.4 cm³/mol. The fourth-order valence-corrected chi connectivity index (χ4v) is 1.84. The lowest BCUT2D eigenvalue weighted by molar-refractivity contribution is -0.120. The highest BCUT2D eigenvalue weighted by Gasteiger charge is 2.12. The molecule has 0 aromatic rings. The molecule has 1 amide bonds. The number of carbonyl (C=O) groups is 1. The molecule has 16 heavy (non-hydrogen) atoms. The van der Waals surface area contributed by atoms with Crippen LogP contribution in [0.15, 0.2) is 0 Å². The van der Waals surface area contributed by atoms with Crippen molar-refractivity contribution in [3.05, 3.63) is 0 Å². The van der Waals surface area contributed by atoms with Crippen molar-refractivity contribution < 1.29 is 4.79 Å². The average Bonchev–Trinajstić information content (AvgIpc) is 2.28. The number of carbonyl (C=O) groups excluding carboxylic acids is 1. The molecule has 0 spiro atoms. The van der Waals surface area contributed by atoms with Gasteiger partial charge in [-0.1, -0.05) is 20.3 Å². The van der Waals surface area contributed by atoms with E-state index in [0.717, 1.165) is 19.6 Å². The van der Waals surface area contributed by atoms with E-state index in [4.69, 9.17) is 0 Å². The van der Waals surface area contributed by atoms with Gasteiger partial charge in [-0.25, -0.2) is 0 Å². The molecule has 0 aliphatic carbocycles. The summed E-state index contributed by atoms with van der Waals surface area (Å²) in [6.07, 6.45) is 3.81. The van der Waals surface area contributed by atoms with Crippen LogP contribution in [0.3, 0.4) is 0 Å². The molecule has 0 saturated carbocycles. The van der Waals surface area contributed by atoms with Gasteiger partial charge in [-0.05, 0) is 25.3 Å². The summed E-state index contributed by atoms with van der Waals surface area (Å²) >= 11 is 0. The van der Waals surface area contributed by atoms with E-state index in [1.165, 1.54) is 19.3 Å². The molecule has 1 fully saturated rings. The molecule has 0 radical (unpaired) electrons. The Labute approximate surface area is 98.6 Å². The maximum absolute atomic E-state index is 11.4. The number of hydrogen-bond acceptors (Lipinski definition) is 3.